The fourth-order valence-electron chi connectivity index (χ4n) is 3.30. The summed E-state index contributed by atoms with van der Waals surface area (Å²) in [5.41, 5.74) is 3.03. The van der Waals surface area contributed by atoms with Crippen molar-refractivity contribution < 1.29 is 4.79 Å². The van der Waals surface area contributed by atoms with Gasteiger partial charge in [0.05, 0.1) is 0 Å². The summed E-state index contributed by atoms with van der Waals surface area (Å²) in [7, 11) is 1.66. The lowest BCUT2D eigenvalue weighted by Crippen LogP contribution is -2.29. The van der Waals surface area contributed by atoms with E-state index in [0.717, 1.165) is 28.7 Å². The van der Waals surface area contributed by atoms with E-state index in [9.17, 15) is 4.79 Å². The van der Waals surface area contributed by atoms with Crippen LogP contribution in [-0.4, -0.2) is 19.0 Å². The number of amides is 1. The summed E-state index contributed by atoms with van der Waals surface area (Å²) in [5, 5.41) is 6.35. The first kappa shape index (κ1) is 15.9. The topological polar surface area (TPSA) is 41.1 Å². The van der Waals surface area contributed by atoms with E-state index in [2.05, 4.69) is 31.4 Å². The van der Waals surface area contributed by atoms with Crippen LogP contribution >= 0.6 is 0 Å². The molecule has 1 fully saturated rings. The lowest BCUT2D eigenvalue weighted by Gasteiger charge is -2.33. The third-order valence-corrected chi connectivity index (χ3v) is 4.73. The molecule has 2 rings (SSSR count). The second kappa shape index (κ2) is 6.97. The van der Waals surface area contributed by atoms with Gasteiger partial charge in [0.15, 0.2) is 0 Å². The Bertz CT molecular complexity index is 496. The van der Waals surface area contributed by atoms with Crippen LogP contribution in [-0.2, 0) is 0 Å². The van der Waals surface area contributed by atoms with Crippen LogP contribution in [0.5, 0.6) is 0 Å². The Morgan fingerprint density at radius 1 is 1.29 bits per heavy atom. The summed E-state index contributed by atoms with van der Waals surface area (Å²) in [4.78, 5) is 11.7. The molecule has 1 aromatic carbocycles. The van der Waals surface area contributed by atoms with Crippen molar-refractivity contribution >= 4 is 11.6 Å². The van der Waals surface area contributed by atoms with Crippen molar-refractivity contribution in [2.75, 3.05) is 12.4 Å². The Labute approximate surface area is 128 Å². The third kappa shape index (κ3) is 3.99. The normalized spacial score (nSPS) is 22.1. The van der Waals surface area contributed by atoms with Crippen molar-refractivity contribution in [3.8, 4) is 0 Å². The van der Waals surface area contributed by atoms with E-state index in [1.165, 1.54) is 25.7 Å². The Balaban J connectivity index is 2.04. The van der Waals surface area contributed by atoms with Gasteiger partial charge in [0, 0.05) is 24.3 Å². The summed E-state index contributed by atoms with van der Waals surface area (Å²) < 4.78 is 0. The van der Waals surface area contributed by atoms with E-state index in [-0.39, 0.29) is 5.91 Å². The second-order valence-electron chi connectivity index (χ2n) is 6.62. The molecule has 21 heavy (non-hydrogen) atoms. The number of carbonyl (C=O) groups is 1. The quantitative estimate of drug-likeness (QED) is 0.880. The molecule has 2 unspecified atom stereocenters. The van der Waals surface area contributed by atoms with Crippen LogP contribution < -0.4 is 10.6 Å². The van der Waals surface area contributed by atoms with Gasteiger partial charge in [-0.1, -0.05) is 26.7 Å². The lowest BCUT2D eigenvalue weighted by atomic mass is 9.79. The van der Waals surface area contributed by atoms with Crippen LogP contribution in [0.25, 0.3) is 0 Å². The molecule has 116 valence electrons. The van der Waals surface area contributed by atoms with E-state index in [1.54, 1.807) is 7.05 Å². The van der Waals surface area contributed by atoms with E-state index in [4.69, 9.17) is 0 Å². The smallest absolute Gasteiger partial charge is 0.251 e. The molecular formula is C18H28N2O. The fourth-order valence-corrected chi connectivity index (χ4v) is 3.30. The molecule has 0 aromatic heterocycles. The maximum absolute atomic E-state index is 11.7. The second-order valence-corrected chi connectivity index (χ2v) is 6.62. The van der Waals surface area contributed by atoms with Crippen molar-refractivity contribution in [3.05, 3.63) is 29.3 Å². The highest BCUT2D eigenvalue weighted by atomic mass is 16.1. The third-order valence-electron chi connectivity index (χ3n) is 4.73. The lowest BCUT2D eigenvalue weighted by molar-refractivity contribution is 0.0963. The fraction of sp³-hybridized carbons (Fsp3) is 0.611. The minimum atomic E-state index is -0.0258. The molecule has 1 saturated carbocycles. The van der Waals surface area contributed by atoms with E-state index in [1.807, 2.05) is 18.2 Å². The van der Waals surface area contributed by atoms with Crippen LogP contribution in [0.3, 0.4) is 0 Å². The molecule has 1 aliphatic rings. The number of nitrogens with one attached hydrogen (secondary N) is 2. The van der Waals surface area contributed by atoms with Gasteiger partial charge in [-0.05, 0) is 55.4 Å². The summed E-state index contributed by atoms with van der Waals surface area (Å²) in [6.07, 6.45) is 5.19. The molecule has 0 spiro atoms. The molecule has 0 aliphatic heterocycles. The Morgan fingerprint density at radius 2 is 2.05 bits per heavy atom. The molecule has 1 aromatic rings. The molecule has 0 heterocycles. The van der Waals surface area contributed by atoms with Gasteiger partial charge < -0.3 is 10.6 Å². The summed E-state index contributed by atoms with van der Waals surface area (Å²) >= 11 is 0. The summed E-state index contributed by atoms with van der Waals surface area (Å²) in [5.74, 6) is 1.58. The molecule has 0 saturated heterocycles. The van der Waals surface area contributed by atoms with E-state index >= 15 is 0 Å². The highest BCUT2D eigenvalue weighted by Crippen LogP contribution is 2.32. The number of anilines is 1. The molecule has 2 N–H and O–H groups in total. The Morgan fingerprint density at radius 3 is 2.67 bits per heavy atom. The predicted octanol–water partition coefficient (Wildman–Crippen LogP) is 3.98. The largest absolute Gasteiger partial charge is 0.382 e. The van der Waals surface area contributed by atoms with Gasteiger partial charge in [-0.25, -0.2) is 0 Å². The summed E-state index contributed by atoms with van der Waals surface area (Å²) in [6.45, 7) is 6.73. The van der Waals surface area contributed by atoms with Gasteiger partial charge in [0.25, 0.3) is 5.91 Å². The highest BCUT2D eigenvalue weighted by Gasteiger charge is 2.24. The van der Waals surface area contributed by atoms with Crippen LogP contribution in [0, 0.1) is 18.8 Å². The van der Waals surface area contributed by atoms with Crippen LogP contribution in [0.2, 0.25) is 0 Å². The van der Waals surface area contributed by atoms with E-state index < -0.39 is 0 Å². The Kier molecular flexibility index (Phi) is 5.27. The molecule has 1 aliphatic carbocycles. The van der Waals surface area contributed by atoms with Crippen molar-refractivity contribution in [1.29, 1.82) is 0 Å². The minimum absolute atomic E-state index is 0.0258. The first-order valence-electron chi connectivity index (χ1n) is 8.10. The van der Waals surface area contributed by atoms with Gasteiger partial charge in [-0.2, -0.15) is 0 Å². The van der Waals surface area contributed by atoms with Gasteiger partial charge in [0.1, 0.15) is 0 Å². The van der Waals surface area contributed by atoms with Gasteiger partial charge in [0.2, 0.25) is 0 Å². The molecule has 0 bridgehead atoms. The zero-order chi connectivity index (χ0) is 15.4. The number of hydrogen-bond acceptors (Lipinski definition) is 2. The molecule has 0 radical (unpaired) electrons. The molecular weight excluding hydrogens is 260 g/mol. The standard InChI is InChI=1S/C18H28N2O/c1-12(2)14-6-5-7-16(11-14)20-17-9-8-15(10-13(17)3)18(21)19-4/h8-10,12,14,16,20H,5-7,11H2,1-4H3,(H,19,21). The molecule has 1 amide bonds. The SMILES string of the molecule is CNC(=O)c1ccc(NC2CCCC(C(C)C)C2)c(C)c1. The van der Waals surface area contributed by atoms with Gasteiger partial charge >= 0.3 is 0 Å². The molecule has 2 atom stereocenters. The predicted molar refractivity (Wildman–Crippen MR) is 88.8 cm³/mol. The highest BCUT2D eigenvalue weighted by molar-refractivity contribution is 5.94. The van der Waals surface area contributed by atoms with Crippen molar-refractivity contribution in [2.45, 2.75) is 52.5 Å². The monoisotopic (exact) mass is 288 g/mol. The number of carbonyl (C=O) groups excluding carboxylic acids is 1. The number of rotatable bonds is 4. The Hall–Kier alpha value is -1.51. The maximum atomic E-state index is 11.7. The first-order valence-corrected chi connectivity index (χ1v) is 8.10. The maximum Gasteiger partial charge on any atom is 0.251 e. The first-order chi connectivity index (χ1) is 10.0. The van der Waals surface area contributed by atoms with E-state index in [0.29, 0.717) is 6.04 Å². The van der Waals surface area contributed by atoms with Crippen LogP contribution in [0.4, 0.5) is 5.69 Å². The number of aryl methyl sites for hydroxylation is 1. The van der Waals surface area contributed by atoms with Gasteiger partial charge in [-0.15, -0.1) is 0 Å². The molecule has 3 nitrogen and oxygen atoms in total. The average molecular weight is 288 g/mol. The number of hydrogen-bond donors (Lipinski definition) is 2. The van der Waals surface area contributed by atoms with Gasteiger partial charge in [-0.3, -0.25) is 4.79 Å². The van der Waals surface area contributed by atoms with Crippen LogP contribution in [0.15, 0.2) is 18.2 Å². The zero-order valence-corrected chi connectivity index (χ0v) is 13.7. The van der Waals surface area contributed by atoms with Crippen LogP contribution in [0.1, 0.15) is 55.5 Å². The van der Waals surface area contributed by atoms with Crippen molar-refractivity contribution in [2.24, 2.45) is 11.8 Å². The minimum Gasteiger partial charge on any atom is -0.382 e. The van der Waals surface area contributed by atoms with Crippen molar-refractivity contribution in [3.63, 3.8) is 0 Å². The molecule has 3 heteroatoms. The zero-order valence-electron chi connectivity index (χ0n) is 13.7. The van der Waals surface area contributed by atoms with Crippen molar-refractivity contribution in [1.82, 2.24) is 5.32 Å². The summed E-state index contributed by atoms with van der Waals surface area (Å²) in [6, 6.07) is 6.47. The average Bonchev–Trinajstić information content (AvgIpc) is 2.48. The number of benzene rings is 1.